The second-order valence-corrected chi connectivity index (χ2v) is 6.73. The Hall–Kier alpha value is -4.16. The number of ether oxygens (including phenoxy) is 2. The van der Waals surface area contributed by atoms with E-state index in [1.165, 1.54) is 16.8 Å². The lowest BCUT2D eigenvalue weighted by Gasteiger charge is -2.27. The molecule has 1 aromatic heterocycles. The molecule has 4 rings (SSSR count). The Balaban J connectivity index is 1.92. The molecule has 2 N–H and O–H groups in total. The molecular weight excluding hydrogens is 384 g/mol. The maximum absolute atomic E-state index is 11.4. The second-order valence-electron chi connectivity index (χ2n) is 6.73. The number of nitrogens with zero attached hydrogens (tertiary/aromatic N) is 3. The van der Waals surface area contributed by atoms with Crippen LogP contribution in [0.3, 0.4) is 0 Å². The van der Waals surface area contributed by atoms with E-state index in [1.54, 1.807) is 38.3 Å². The molecule has 0 bridgehead atoms. The van der Waals surface area contributed by atoms with Gasteiger partial charge >= 0.3 is 5.97 Å². The molecule has 8 heteroatoms. The fraction of sp³-hybridized carbons (Fsp3) is 0.136. The SMILES string of the molecule is COc1ccc([C@@H]2C(=C=[N-])C(=N)Oc3c2c(C)nn3-c2cccc(C(=O)O)c2)cc1. The van der Waals surface area contributed by atoms with Crippen LogP contribution >= 0.6 is 0 Å². The molecule has 8 nitrogen and oxygen atoms in total. The molecule has 0 fully saturated rings. The van der Waals surface area contributed by atoms with Gasteiger partial charge in [0.05, 0.1) is 35.5 Å². The molecule has 30 heavy (non-hydrogen) atoms. The highest BCUT2D eigenvalue weighted by atomic mass is 16.5. The van der Waals surface area contributed by atoms with Gasteiger partial charge in [0, 0.05) is 5.57 Å². The van der Waals surface area contributed by atoms with Crippen LogP contribution in [0.15, 0.2) is 54.1 Å². The third-order valence-electron chi connectivity index (χ3n) is 4.99. The van der Waals surface area contributed by atoms with Gasteiger partial charge in [0.1, 0.15) is 5.75 Å². The van der Waals surface area contributed by atoms with E-state index < -0.39 is 11.9 Å². The minimum Gasteiger partial charge on any atom is -0.763 e. The molecule has 1 aliphatic rings. The molecule has 2 aromatic carbocycles. The van der Waals surface area contributed by atoms with Gasteiger partial charge in [-0.3, -0.25) is 11.3 Å². The van der Waals surface area contributed by atoms with Crippen molar-refractivity contribution in [2.45, 2.75) is 12.8 Å². The molecule has 2 heterocycles. The van der Waals surface area contributed by atoms with Crippen molar-refractivity contribution in [3.63, 3.8) is 0 Å². The maximum atomic E-state index is 11.4. The highest BCUT2D eigenvalue weighted by Gasteiger charge is 2.36. The fourth-order valence-electron chi connectivity index (χ4n) is 3.57. The summed E-state index contributed by atoms with van der Waals surface area (Å²) in [5.41, 5.74) is 2.84. The quantitative estimate of drug-likeness (QED) is 0.648. The Kier molecular flexibility index (Phi) is 4.69. The van der Waals surface area contributed by atoms with Gasteiger partial charge in [0.15, 0.2) is 0 Å². The van der Waals surface area contributed by atoms with Crippen LogP contribution in [0, 0.1) is 12.3 Å². The number of aryl methyl sites for hydroxylation is 1. The van der Waals surface area contributed by atoms with E-state index in [-0.39, 0.29) is 17.0 Å². The van der Waals surface area contributed by atoms with E-state index in [2.05, 4.69) is 11.0 Å². The summed E-state index contributed by atoms with van der Waals surface area (Å²) in [7, 11) is 1.57. The third kappa shape index (κ3) is 3.05. The van der Waals surface area contributed by atoms with Gasteiger partial charge < -0.3 is 20.0 Å². The van der Waals surface area contributed by atoms with Crippen LogP contribution in [0.5, 0.6) is 11.6 Å². The van der Waals surface area contributed by atoms with Crippen molar-refractivity contribution < 1.29 is 19.4 Å². The van der Waals surface area contributed by atoms with E-state index in [0.29, 0.717) is 28.6 Å². The first-order valence-corrected chi connectivity index (χ1v) is 9.05. The number of hydrogen-bond donors (Lipinski definition) is 2. The van der Waals surface area contributed by atoms with E-state index in [0.717, 1.165) is 5.56 Å². The number of methoxy groups -OCH3 is 1. The number of aromatic nitrogens is 2. The lowest BCUT2D eigenvalue weighted by molar-refractivity contribution is 0.0697. The maximum Gasteiger partial charge on any atom is 0.335 e. The number of carboxylic acids is 1. The van der Waals surface area contributed by atoms with Gasteiger partial charge in [-0.15, -0.1) is 0 Å². The Morgan fingerprint density at radius 2 is 2.03 bits per heavy atom. The smallest absolute Gasteiger partial charge is 0.335 e. The summed E-state index contributed by atoms with van der Waals surface area (Å²) < 4.78 is 12.4. The number of nitrogens with one attached hydrogen (secondary N) is 1. The second kappa shape index (κ2) is 7.35. The zero-order valence-electron chi connectivity index (χ0n) is 16.2. The normalized spacial score (nSPS) is 15.2. The van der Waals surface area contributed by atoms with Crippen molar-refractivity contribution in [3.8, 4) is 17.3 Å². The van der Waals surface area contributed by atoms with Crippen molar-refractivity contribution in [2.24, 2.45) is 0 Å². The number of rotatable bonds is 4. The summed E-state index contributed by atoms with van der Waals surface area (Å²) in [4.78, 5) is 11.4. The fourth-order valence-corrected chi connectivity index (χ4v) is 3.57. The average molecular weight is 401 g/mol. The molecule has 0 radical (unpaired) electrons. The number of carboxylic acid groups (broad SMARTS) is 1. The number of fused-ring (bicyclic) bond motifs is 1. The monoisotopic (exact) mass is 401 g/mol. The standard InChI is InChI=1S/C22H17N4O4/c1-12-18-19(13-6-8-16(29-2)9-7-13)17(11-23)20(24)30-21(18)26(25-12)15-5-3-4-14(10-15)22(27)28/h3-10,19,24H,1-2H3,(H,27,28)/q-1/t19-/m1/s1. The number of benzene rings is 2. The number of aromatic carboxylic acids is 1. The summed E-state index contributed by atoms with van der Waals surface area (Å²) in [6.07, 6.45) is 0. The zero-order valence-corrected chi connectivity index (χ0v) is 16.2. The lowest BCUT2D eigenvalue weighted by atomic mass is 9.83. The van der Waals surface area contributed by atoms with Crippen molar-refractivity contribution in [1.29, 1.82) is 5.41 Å². The van der Waals surface area contributed by atoms with Crippen LogP contribution in [0.4, 0.5) is 0 Å². The predicted molar refractivity (Wildman–Crippen MR) is 110 cm³/mol. The van der Waals surface area contributed by atoms with Gasteiger partial charge in [-0.25, -0.2) is 9.48 Å². The molecule has 3 aromatic rings. The Bertz CT molecular complexity index is 1220. The van der Waals surface area contributed by atoms with Crippen molar-refractivity contribution >= 4 is 17.7 Å². The summed E-state index contributed by atoms with van der Waals surface area (Å²) in [5, 5.41) is 31.8. The Labute approximate surface area is 172 Å². The first-order valence-electron chi connectivity index (χ1n) is 9.05. The number of hydrogen-bond acceptors (Lipinski definition) is 5. The van der Waals surface area contributed by atoms with Gasteiger partial charge in [-0.05, 0) is 42.8 Å². The van der Waals surface area contributed by atoms with Gasteiger partial charge in [-0.1, -0.05) is 18.2 Å². The molecule has 0 spiro atoms. The zero-order chi connectivity index (χ0) is 21.4. The minimum atomic E-state index is -1.06. The van der Waals surface area contributed by atoms with Crippen LogP contribution in [0.25, 0.3) is 11.1 Å². The molecular formula is C22H17N4O4-. The minimum absolute atomic E-state index is 0.108. The van der Waals surface area contributed by atoms with Crippen molar-refractivity contribution in [3.05, 3.63) is 81.9 Å². The van der Waals surface area contributed by atoms with E-state index in [9.17, 15) is 15.3 Å². The molecule has 0 amide bonds. The Morgan fingerprint density at radius 1 is 1.30 bits per heavy atom. The molecule has 0 saturated carbocycles. The average Bonchev–Trinajstić information content (AvgIpc) is 3.08. The van der Waals surface area contributed by atoms with Crippen LogP contribution in [-0.2, 0) is 0 Å². The third-order valence-corrected chi connectivity index (χ3v) is 4.99. The van der Waals surface area contributed by atoms with Crippen LogP contribution in [0.2, 0.25) is 0 Å². The molecule has 0 aliphatic carbocycles. The highest BCUT2D eigenvalue weighted by Crippen LogP contribution is 2.44. The van der Waals surface area contributed by atoms with Crippen LogP contribution in [-0.4, -0.2) is 39.7 Å². The predicted octanol–water partition coefficient (Wildman–Crippen LogP) is 3.55. The summed E-state index contributed by atoms with van der Waals surface area (Å²) in [5.74, 6) is 1.21. The molecule has 1 atom stereocenters. The molecule has 150 valence electrons. The first kappa shape index (κ1) is 19.2. The summed E-state index contributed by atoms with van der Waals surface area (Å²) in [6, 6.07) is 13.5. The first-order chi connectivity index (χ1) is 14.4. The van der Waals surface area contributed by atoms with Crippen molar-refractivity contribution in [1.82, 2.24) is 9.78 Å². The van der Waals surface area contributed by atoms with Crippen molar-refractivity contribution in [2.75, 3.05) is 7.11 Å². The molecule has 1 aliphatic heterocycles. The van der Waals surface area contributed by atoms with Gasteiger partial charge in [0.2, 0.25) is 11.8 Å². The summed E-state index contributed by atoms with van der Waals surface area (Å²) in [6.45, 7) is 1.79. The van der Waals surface area contributed by atoms with E-state index in [4.69, 9.17) is 14.9 Å². The molecule has 0 unspecified atom stereocenters. The largest absolute Gasteiger partial charge is 0.763 e. The topological polar surface area (TPSA) is 120 Å². The summed E-state index contributed by atoms with van der Waals surface area (Å²) >= 11 is 0. The van der Waals surface area contributed by atoms with E-state index in [1.807, 2.05) is 12.1 Å². The van der Waals surface area contributed by atoms with Crippen LogP contribution < -0.4 is 9.47 Å². The highest BCUT2D eigenvalue weighted by molar-refractivity contribution is 6.05. The lowest BCUT2D eigenvalue weighted by Crippen LogP contribution is -2.25. The molecule has 0 saturated heterocycles. The van der Waals surface area contributed by atoms with Crippen LogP contribution in [0.1, 0.15) is 33.1 Å². The number of carbonyl (C=O) groups is 1. The van der Waals surface area contributed by atoms with Gasteiger partial charge in [0.25, 0.3) is 0 Å². The van der Waals surface area contributed by atoms with Gasteiger partial charge in [-0.2, -0.15) is 5.10 Å². The van der Waals surface area contributed by atoms with E-state index >= 15 is 0 Å². The Morgan fingerprint density at radius 3 is 2.67 bits per heavy atom.